The van der Waals surface area contributed by atoms with Gasteiger partial charge in [0.05, 0.1) is 0 Å². The van der Waals surface area contributed by atoms with E-state index in [-0.39, 0.29) is 0 Å². The standard InChI is InChI=1S/C11H20N4S/c1-2-5-10(6-3-1)12-7-4-8-13-11-15-14-9-16-11/h9-10,12H,1-8H2,(H,13,15). The first kappa shape index (κ1) is 11.8. The Morgan fingerprint density at radius 2 is 2.12 bits per heavy atom. The van der Waals surface area contributed by atoms with Crippen molar-refractivity contribution in [2.24, 2.45) is 0 Å². The molecule has 1 aliphatic rings. The minimum Gasteiger partial charge on any atom is -0.360 e. The maximum Gasteiger partial charge on any atom is 0.205 e. The normalized spacial score (nSPS) is 17.5. The van der Waals surface area contributed by atoms with Crippen molar-refractivity contribution in [1.82, 2.24) is 15.5 Å². The molecule has 1 aliphatic carbocycles. The molecule has 2 rings (SSSR count). The van der Waals surface area contributed by atoms with Crippen LogP contribution in [0.1, 0.15) is 38.5 Å². The van der Waals surface area contributed by atoms with Gasteiger partial charge in [-0.3, -0.25) is 0 Å². The molecule has 4 nitrogen and oxygen atoms in total. The molecule has 0 atom stereocenters. The smallest absolute Gasteiger partial charge is 0.205 e. The van der Waals surface area contributed by atoms with Gasteiger partial charge in [-0.2, -0.15) is 0 Å². The molecule has 0 saturated heterocycles. The monoisotopic (exact) mass is 240 g/mol. The van der Waals surface area contributed by atoms with E-state index in [2.05, 4.69) is 20.8 Å². The van der Waals surface area contributed by atoms with Crippen LogP contribution >= 0.6 is 11.3 Å². The van der Waals surface area contributed by atoms with Crippen molar-refractivity contribution in [1.29, 1.82) is 0 Å². The van der Waals surface area contributed by atoms with Gasteiger partial charge in [-0.1, -0.05) is 30.6 Å². The Balaban J connectivity index is 1.48. The van der Waals surface area contributed by atoms with Crippen LogP contribution in [0.25, 0.3) is 0 Å². The SMILES string of the molecule is c1nnc(NCCCNC2CCCCC2)s1. The fourth-order valence-electron chi connectivity index (χ4n) is 2.15. The highest BCUT2D eigenvalue weighted by molar-refractivity contribution is 7.13. The van der Waals surface area contributed by atoms with Crippen molar-refractivity contribution in [3.8, 4) is 0 Å². The van der Waals surface area contributed by atoms with Crippen molar-refractivity contribution in [2.45, 2.75) is 44.6 Å². The van der Waals surface area contributed by atoms with E-state index in [1.54, 1.807) is 16.8 Å². The van der Waals surface area contributed by atoms with Crippen LogP contribution in [0.3, 0.4) is 0 Å². The molecule has 1 aromatic rings. The molecule has 1 saturated carbocycles. The zero-order chi connectivity index (χ0) is 11.1. The molecule has 1 aromatic heterocycles. The summed E-state index contributed by atoms with van der Waals surface area (Å²) in [7, 11) is 0. The second-order valence-electron chi connectivity index (χ2n) is 4.31. The summed E-state index contributed by atoms with van der Waals surface area (Å²) in [6, 6.07) is 0.773. The third kappa shape index (κ3) is 4.06. The summed E-state index contributed by atoms with van der Waals surface area (Å²) in [4.78, 5) is 0. The Labute approximate surface area is 101 Å². The highest BCUT2D eigenvalue weighted by atomic mass is 32.1. The van der Waals surface area contributed by atoms with Gasteiger partial charge in [0.1, 0.15) is 5.51 Å². The fourth-order valence-corrected chi connectivity index (χ4v) is 2.62. The van der Waals surface area contributed by atoms with Crippen LogP contribution in [0.2, 0.25) is 0 Å². The predicted octanol–water partition coefficient (Wildman–Crippen LogP) is 2.26. The first-order valence-corrected chi connectivity index (χ1v) is 7.06. The quantitative estimate of drug-likeness (QED) is 0.749. The van der Waals surface area contributed by atoms with Crippen LogP contribution in [-0.4, -0.2) is 29.3 Å². The van der Waals surface area contributed by atoms with E-state index >= 15 is 0 Å². The average Bonchev–Trinajstić information content (AvgIpc) is 2.83. The predicted molar refractivity (Wildman–Crippen MR) is 67.9 cm³/mol. The number of anilines is 1. The van der Waals surface area contributed by atoms with Crippen LogP contribution in [0.15, 0.2) is 5.51 Å². The lowest BCUT2D eigenvalue weighted by atomic mass is 9.95. The van der Waals surface area contributed by atoms with E-state index < -0.39 is 0 Å². The number of hydrogen-bond donors (Lipinski definition) is 2. The lowest BCUT2D eigenvalue weighted by Crippen LogP contribution is -2.32. The van der Waals surface area contributed by atoms with E-state index in [0.717, 1.165) is 30.7 Å². The molecule has 1 fully saturated rings. The molecular weight excluding hydrogens is 220 g/mol. The second kappa shape index (κ2) is 6.81. The molecule has 16 heavy (non-hydrogen) atoms. The van der Waals surface area contributed by atoms with Gasteiger partial charge in [-0.05, 0) is 25.8 Å². The summed E-state index contributed by atoms with van der Waals surface area (Å²) < 4.78 is 0. The number of nitrogens with one attached hydrogen (secondary N) is 2. The van der Waals surface area contributed by atoms with Gasteiger partial charge in [0.15, 0.2) is 0 Å². The van der Waals surface area contributed by atoms with Gasteiger partial charge in [-0.25, -0.2) is 0 Å². The summed E-state index contributed by atoms with van der Waals surface area (Å²) >= 11 is 1.56. The van der Waals surface area contributed by atoms with Gasteiger partial charge in [0.2, 0.25) is 5.13 Å². The molecule has 0 aromatic carbocycles. The molecule has 1 heterocycles. The summed E-state index contributed by atoms with van der Waals surface area (Å²) in [5.74, 6) is 0. The van der Waals surface area contributed by atoms with Gasteiger partial charge in [0.25, 0.3) is 0 Å². The van der Waals surface area contributed by atoms with Crippen molar-refractivity contribution in [2.75, 3.05) is 18.4 Å². The van der Waals surface area contributed by atoms with Crippen molar-refractivity contribution >= 4 is 16.5 Å². The maximum atomic E-state index is 3.94. The Hall–Kier alpha value is -0.680. The van der Waals surface area contributed by atoms with Crippen LogP contribution in [-0.2, 0) is 0 Å². The number of hydrogen-bond acceptors (Lipinski definition) is 5. The third-order valence-electron chi connectivity index (χ3n) is 3.03. The highest BCUT2D eigenvalue weighted by Gasteiger charge is 2.11. The molecule has 0 bridgehead atoms. The molecule has 5 heteroatoms. The van der Waals surface area contributed by atoms with E-state index in [0.29, 0.717) is 0 Å². The van der Waals surface area contributed by atoms with Crippen molar-refractivity contribution in [3.05, 3.63) is 5.51 Å². The Morgan fingerprint density at radius 1 is 1.25 bits per heavy atom. The summed E-state index contributed by atoms with van der Waals surface area (Å²) in [6.45, 7) is 2.09. The molecule has 2 N–H and O–H groups in total. The minimum absolute atomic E-state index is 0.773. The van der Waals surface area contributed by atoms with E-state index in [1.807, 2.05) is 0 Å². The van der Waals surface area contributed by atoms with Crippen LogP contribution in [0.5, 0.6) is 0 Å². The second-order valence-corrected chi connectivity index (χ2v) is 5.15. The van der Waals surface area contributed by atoms with Gasteiger partial charge in [0, 0.05) is 12.6 Å². The Bertz CT molecular complexity index is 270. The number of nitrogens with zero attached hydrogens (tertiary/aromatic N) is 2. The minimum atomic E-state index is 0.773. The van der Waals surface area contributed by atoms with Crippen molar-refractivity contribution < 1.29 is 0 Å². The zero-order valence-corrected chi connectivity index (χ0v) is 10.4. The highest BCUT2D eigenvalue weighted by Crippen LogP contribution is 2.17. The molecule has 0 amide bonds. The number of aromatic nitrogens is 2. The van der Waals surface area contributed by atoms with Gasteiger partial charge in [-0.15, -0.1) is 10.2 Å². The topological polar surface area (TPSA) is 49.8 Å². The van der Waals surface area contributed by atoms with Gasteiger partial charge >= 0.3 is 0 Å². The Morgan fingerprint density at radius 3 is 2.88 bits per heavy atom. The van der Waals surface area contributed by atoms with E-state index in [4.69, 9.17) is 0 Å². The molecular formula is C11H20N4S. The van der Waals surface area contributed by atoms with Crippen LogP contribution < -0.4 is 10.6 Å². The molecule has 0 unspecified atom stereocenters. The van der Waals surface area contributed by atoms with Crippen molar-refractivity contribution in [3.63, 3.8) is 0 Å². The third-order valence-corrected chi connectivity index (χ3v) is 3.68. The summed E-state index contributed by atoms with van der Waals surface area (Å²) in [5, 5.41) is 15.6. The number of rotatable bonds is 6. The lowest BCUT2D eigenvalue weighted by molar-refractivity contribution is 0.373. The van der Waals surface area contributed by atoms with Crippen LogP contribution in [0, 0.1) is 0 Å². The first-order valence-electron chi connectivity index (χ1n) is 6.18. The fraction of sp³-hybridized carbons (Fsp3) is 0.818. The van der Waals surface area contributed by atoms with Gasteiger partial charge < -0.3 is 10.6 Å². The lowest BCUT2D eigenvalue weighted by Gasteiger charge is -2.22. The van der Waals surface area contributed by atoms with E-state index in [9.17, 15) is 0 Å². The zero-order valence-electron chi connectivity index (χ0n) is 9.61. The molecule has 90 valence electrons. The molecule has 0 spiro atoms. The first-order chi connectivity index (χ1) is 7.95. The maximum absolute atomic E-state index is 3.94. The molecule has 0 aliphatic heterocycles. The largest absolute Gasteiger partial charge is 0.360 e. The average molecular weight is 240 g/mol. The summed E-state index contributed by atoms with van der Waals surface area (Å²) in [5.41, 5.74) is 1.75. The van der Waals surface area contributed by atoms with Crippen LogP contribution in [0.4, 0.5) is 5.13 Å². The van der Waals surface area contributed by atoms with E-state index in [1.165, 1.54) is 32.1 Å². The molecule has 0 radical (unpaired) electrons. The Kier molecular flexibility index (Phi) is 5.02. The summed E-state index contributed by atoms with van der Waals surface area (Å²) in [6.07, 6.45) is 8.11.